The number of anilines is 1. The van der Waals surface area contributed by atoms with Crippen molar-refractivity contribution in [1.29, 1.82) is 0 Å². The SMILES string of the molecule is COc1ccccc1C(O)CNC(=O)c1cc(NS(=O)(=O)c2cccc([N+](=O)[O-])c2)ccc1O. The number of hydrogen-bond donors (Lipinski definition) is 4. The molecular weight excluding hydrogens is 466 g/mol. The smallest absolute Gasteiger partial charge is 0.270 e. The Hall–Kier alpha value is -4.16. The third-order valence-corrected chi connectivity index (χ3v) is 6.16. The zero-order valence-corrected chi connectivity index (χ0v) is 18.7. The number of nitro groups is 1. The van der Waals surface area contributed by atoms with E-state index < -0.39 is 38.4 Å². The van der Waals surface area contributed by atoms with Crippen LogP contribution in [-0.2, 0) is 10.0 Å². The number of hydrogen-bond acceptors (Lipinski definition) is 8. The number of aliphatic hydroxyl groups excluding tert-OH is 1. The predicted molar refractivity (Wildman–Crippen MR) is 122 cm³/mol. The first kappa shape index (κ1) is 24.5. The Morgan fingerprint density at radius 3 is 2.56 bits per heavy atom. The van der Waals surface area contributed by atoms with Crippen LogP contribution in [0.2, 0.25) is 0 Å². The standard InChI is InChI=1S/C22H21N3O8S/c1-33-21-8-3-2-7-17(21)20(27)13-23-22(28)18-11-14(9-10-19(18)26)24-34(31,32)16-6-4-5-15(12-16)25(29)30/h2-12,20,24,26-27H,13H2,1H3,(H,23,28). The summed E-state index contributed by atoms with van der Waals surface area (Å²) >= 11 is 0. The highest BCUT2D eigenvalue weighted by molar-refractivity contribution is 7.92. The van der Waals surface area contributed by atoms with E-state index in [9.17, 15) is 33.5 Å². The van der Waals surface area contributed by atoms with Gasteiger partial charge in [0.1, 0.15) is 11.5 Å². The van der Waals surface area contributed by atoms with Crippen LogP contribution < -0.4 is 14.8 Å². The molecule has 0 heterocycles. The summed E-state index contributed by atoms with van der Waals surface area (Å²) in [6.07, 6.45) is -1.10. The van der Waals surface area contributed by atoms with Crippen molar-refractivity contribution in [3.8, 4) is 11.5 Å². The molecule has 0 aromatic heterocycles. The summed E-state index contributed by atoms with van der Waals surface area (Å²) in [6.45, 7) is -0.206. The zero-order chi connectivity index (χ0) is 24.9. The van der Waals surface area contributed by atoms with E-state index in [4.69, 9.17) is 4.74 Å². The van der Waals surface area contributed by atoms with E-state index in [1.807, 2.05) is 0 Å². The number of carbonyl (C=O) groups excluding carboxylic acids is 1. The summed E-state index contributed by atoms with van der Waals surface area (Å²) in [5.74, 6) is -0.741. The molecule has 0 spiro atoms. The number of sulfonamides is 1. The number of nitrogens with zero attached hydrogens (tertiary/aromatic N) is 1. The number of non-ortho nitro benzene ring substituents is 1. The molecule has 0 bridgehead atoms. The fourth-order valence-electron chi connectivity index (χ4n) is 3.10. The van der Waals surface area contributed by atoms with Crippen molar-refractivity contribution >= 4 is 27.3 Å². The normalized spacial score (nSPS) is 11.9. The molecule has 0 aliphatic heterocycles. The first-order chi connectivity index (χ1) is 16.1. The van der Waals surface area contributed by atoms with Crippen molar-refractivity contribution in [3.05, 3.63) is 88.0 Å². The van der Waals surface area contributed by atoms with E-state index in [1.165, 1.54) is 25.3 Å². The molecule has 0 aliphatic carbocycles. The molecule has 3 aromatic rings. The zero-order valence-electron chi connectivity index (χ0n) is 17.8. The Kier molecular flexibility index (Phi) is 7.34. The molecule has 0 aliphatic rings. The molecule has 178 valence electrons. The molecule has 3 rings (SSSR count). The number of ether oxygens (including phenoxy) is 1. The van der Waals surface area contributed by atoms with Crippen LogP contribution in [0.4, 0.5) is 11.4 Å². The predicted octanol–water partition coefficient (Wildman–Crippen LogP) is 2.57. The van der Waals surface area contributed by atoms with Gasteiger partial charge in [0, 0.05) is 29.9 Å². The molecule has 1 unspecified atom stereocenters. The Bertz CT molecular complexity index is 1330. The molecule has 0 saturated heterocycles. The second-order valence-corrected chi connectivity index (χ2v) is 8.74. The highest BCUT2D eigenvalue weighted by Crippen LogP contribution is 2.26. The summed E-state index contributed by atoms with van der Waals surface area (Å²) in [5, 5.41) is 33.9. The van der Waals surface area contributed by atoms with Crippen LogP contribution in [0, 0.1) is 10.1 Å². The van der Waals surface area contributed by atoms with Gasteiger partial charge < -0.3 is 20.3 Å². The van der Waals surface area contributed by atoms with Gasteiger partial charge in [-0.15, -0.1) is 0 Å². The minimum Gasteiger partial charge on any atom is -0.507 e. The number of aliphatic hydroxyl groups is 1. The second-order valence-electron chi connectivity index (χ2n) is 7.06. The first-order valence-corrected chi connectivity index (χ1v) is 11.3. The van der Waals surface area contributed by atoms with Crippen molar-refractivity contribution in [3.63, 3.8) is 0 Å². The van der Waals surface area contributed by atoms with Gasteiger partial charge in [0.15, 0.2) is 0 Å². The van der Waals surface area contributed by atoms with Gasteiger partial charge in [-0.2, -0.15) is 0 Å². The maximum Gasteiger partial charge on any atom is 0.270 e. The summed E-state index contributed by atoms with van der Waals surface area (Å²) in [7, 11) is -2.77. The van der Waals surface area contributed by atoms with Gasteiger partial charge in [-0.05, 0) is 30.3 Å². The minimum atomic E-state index is -4.22. The number of phenols is 1. The van der Waals surface area contributed by atoms with Crippen LogP contribution in [0.25, 0.3) is 0 Å². The van der Waals surface area contributed by atoms with Crippen LogP contribution in [0.1, 0.15) is 22.0 Å². The lowest BCUT2D eigenvalue weighted by Gasteiger charge is -2.16. The molecular formula is C22H21N3O8S. The van der Waals surface area contributed by atoms with Crippen molar-refractivity contribution in [1.82, 2.24) is 5.32 Å². The van der Waals surface area contributed by atoms with Crippen LogP contribution in [0.3, 0.4) is 0 Å². The van der Waals surface area contributed by atoms with Crippen LogP contribution in [-0.4, -0.2) is 43.1 Å². The van der Waals surface area contributed by atoms with Crippen LogP contribution in [0.5, 0.6) is 11.5 Å². The van der Waals surface area contributed by atoms with Gasteiger partial charge in [-0.25, -0.2) is 8.42 Å². The van der Waals surface area contributed by atoms with Gasteiger partial charge >= 0.3 is 0 Å². The van der Waals surface area contributed by atoms with Crippen molar-refractivity contribution in [2.45, 2.75) is 11.0 Å². The van der Waals surface area contributed by atoms with Crippen LogP contribution in [0.15, 0.2) is 71.6 Å². The van der Waals surface area contributed by atoms with E-state index in [0.29, 0.717) is 11.3 Å². The molecule has 4 N–H and O–H groups in total. The third-order valence-electron chi connectivity index (χ3n) is 4.79. The summed E-state index contributed by atoms with van der Waals surface area (Å²) in [6, 6.07) is 14.6. The fourth-order valence-corrected chi connectivity index (χ4v) is 4.18. The minimum absolute atomic E-state index is 0.0558. The molecule has 11 nitrogen and oxygen atoms in total. The lowest BCUT2D eigenvalue weighted by Crippen LogP contribution is -2.28. The number of amides is 1. The molecule has 1 amide bonds. The number of phenolic OH excluding ortho intramolecular Hbond substituents is 1. The number of carbonyl (C=O) groups is 1. The Labute approximate surface area is 194 Å². The second kappa shape index (κ2) is 10.2. The lowest BCUT2D eigenvalue weighted by molar-refractivity contribution is -0.385. The van der Waals surface area contributed by atoms with Gasteiger partial charge in [0.2, 0.25) is 0 Å². The van der Waals surface area contributed by atoms with Crippen molar-refractivity contribution < 1.29 is 33.1 Å². The average Bonchev–Trinajstić information content (AvgIpc) is 2.83. The quantitative estimate of drug-likeness (QED) is 0.203. The highest BCUT2D eigenvalue weighted by atomic mass is 32.2. The van der Waals surface area contributed by atoms with Crippen LogP contribution >= 0.6 is 0 Å². The van der Waals surface area contributed by atoms with E-state index >= 15 is 0 Å². The molecule has 3 aromatic carbocycles. The number of rotatable bonds is 9. The topological polar surface area (TPSA) is 168 Å². The van der Waals surface area contributed by atoms with Gasteiger partial charge in [-0.3, -0.25) is 19.6 Å². The Morgan fingerprint density at radius 2 is 1.85 bits per heavy atom. The molecule has 0 saturated carbocycles. The molecule has 1 atom stereocenters. The van der Waals surface area contributed by atoms with Crippen molar-refractivity contribution in [2.24, 2.45) is 0 Å². The summed E-state index contributed by atoms with van der Waals surface area (Å²) < 4.78 is 32.7. The van der Waals surface area contributed by atoms with Crippen molar-refractivity contribution in [2.75, 3.05) is 18.4 Å². The van der Waals surface area contributed by atoms with Gasteiger partial charge in [-0.1, -0.05) is 24.3 Å². The number of aromatic hydroxyl groups is 1. The van der Waals surface area contributed by atoms with Gasteiger partial charge in [0.05, 0.1) is 28.6 Å². The lowest BCUT2D eigenvalue weighted by atomic mass is 10.1. The number of methoxy groups -OCH3 is 1. The maximum absolute atomic E-state index is 12.6. The monoisotopic (exact) mass is 487 g/mol. The van der Waals surface area contributed by atoms with Gasteiger partial charge in [0.25, 0.3) is 21.6 Å². The molecule has 34 heavy (non-hydrogen) atoms. The molecule has 12 heteroatoms. The van der Waals surface area contributed by atoms with E-state index in [2.05, 4.69) is 10.0 Å². The number of nitrogens with one attached hydrogen (secondary N) is 2. The largest absolute Gasteiger partial charge is 0.507 e. The number of para-hydroxylation sites is 1. The number of nitro benzene ring substituents is 1. The summed E-state index contributed by atoms with van der Waals surface area (Å²) in [5.41, 5.74) is -0.249. The number of benzene rings is 3. The molecule has 0 fully saturated rings. The highest BCUT2D eigenvalue weighted by Gasteiger charge is 2.20. The van der Waals surface area contributed by atoms with E-state index in [1.54, 1.807) is 24.3 Å². The van der Waals surface area contributed by atoms with E-state index in [-0.39, 0.29) is 22.7 Å². The average molecular weight is 487 g/mol. The third kappa shape index (κ3) is 5.60. The maximum atomic E-state index is 12.6. The summed E-state index contributed by atoms with van der Waals surface area (Å²) in [4.78, 5) is 22.5. The Balaban J connectivity index is 1.76. The Morgan fingerprint density at radius 1 is 1.12 bits per heavy atom. The van der Waals surface area contributed by atoms with E-state index in [0.717, 1.165) is 24.3 Å². The molecule has 0 radical (unpaired) electrons. The first-order valence-electron chi connectivity index (χ1n) is 9.82. The fraction of sp³-hybridized carbons (Fsp3) is 0.136.